The molecule has 0 aromatic heterocycles. The Bertz CT molecular complexity index is 1650. The fourth-order valence-electron chi connectivity index (χ4n) is 8.53. The van der Waals surface area contributed by atoms with Gasteiger partial charge in [0.15, 0.2) is 25.2 Å². The number of ether oxygens (including phenoxy) is 9. The fourth-order valence-corrected chi connectivity index (χ4v) is 8.53. The summed E-state index contributed by atoms with van der Waals surface area (Å²) in [6.07, 6.45) is -48.5. The van der Waals surface area contributed by atoms with E-state index in [1.807, 2.05) is 0 Å². The quantitative estimate of drug-likeness (QED) is 0.0606. The number of carboxylic acid groups (broad SMARTS) is 1. The highest BCUT2D eigenvalue weighted by molar-refractivity contribution is 5.76. The van der Waals surface area contributed by atoms with Crippen molar-refractivity contribution in [3.8, 4) is 0 Å². The molecule has 68 heavy (non-hydrogen) atoms. The maximum Gasteiger partial charge on any atom is 0.364 e. The van der Waals surface area contributed by atoms with Gasteiger partial charge >= 0.3 is 5.97 Å². The van der Waals surface area contributed by atoms with E-state index in [1.54, 1.807) is 0 Å². The van der Waals surface area contributed by atoms with E-state index >= 15 is 0 Å². The minimum Gasteiger partial charge on any atom is -0.477 e. The Labute approximate surface area is 384 Å². The van der Waals surface area contributed by atoms with E-state index in [0.29, 0.717) is 0 Å². The predicted octanol–water partition coefficient (Wildman–Crippen LogP) is -12.4. The van der Waals surface area contributed by atoms with Gasteiger partial charge in [0.1, 0.15) is 116 Å². The Hall–Kier alpha value is -2.59. The molecule has 5 heterocycles. The van der Waals surface area contributed by atoms with Gasteiger partial charge in [-0.2, -0.15) is 0 Å². The molecule has 0 aromatic rings. The van der Waals surface area contributed by atoms with Crippen molar-refractivity contribution in [3.63, 3.8) is 0 Å². The van der Waals surface area contributed by atoms with Gasteiger partial charge in [-0.25, -0.2) is 4.79 Å². The van der Waals surface area contributed by atoms with Crippen LogP contribution in [0.5, 0.6) is 0 Å². The van der Waals surface area contributed by atoms with Gasteiger partial charge in [-0.05, 0) is 0 Å². The zero-order valence-corrected chi connectivity index (χ0v) is 36.2. The monoisotopic (exact) mass is 998 g/mol. The van der Waals surface area contributed by atoms with Crippen LogP contribution in [-0.2, 0) is 57.0 Å². The average molecular weight is 999 g/mol. The summed E-state index contributed by atoms with van der Waals surface area (Å²) in [6, 6.07) is -3.59. The topological polar surface area (TPSA) is 502 Å². The summed E-state index contributed by atoms with van der Waals surface area (Å²) in [5.41, 5.74) is 0. The lowest BCUT2D eigenvalue weighted by Crippen LogP contribution is -2.72. The van der Waals surface area contributed by atoms with Crippen molar-refractivity contribution in [2.75, 3.05) is 33.0 Å². The number of hydrogen-bond donors (Lipinski definition) is 19. The number of amides is 2. The highest BCUT2D eigenvalue weighted by Crippen LogP contribution is 2.40. The van der Waals surface area contributed by atoms with Gasteiger partial charge in [0.25, 0.3) is 5.79 Å². The molecular weight excluding hydrogens is 936 g/mol. The van der Waals surface area contributed by atoms with Crippen molar-refractivity contribution >= 4 is 17.8 Å². The van der Waals surface area contributed by atoms with Crippen molar-refractivity contribution in [1.29, 1.82) is 0 Å². The number of rotatable bonds is 18. The first-order valence-corrected chi connectivity index (χ1v) is 21.2. The van der Waals surface area contributed by atoms with Gasteiger partial charge in [0, 0.05) is 20.3 Å². The van der Waals surface area contributed by atoms with E-state index in [2.05, 4.69) is 10.6 Å². The lowest BCUT2D eigenvalue weighted by atomic mass is 9.88. The highest BCUT2D eigenvalue weighted by Gasteiger charge is 2.62. The van der Waals surface area contributed by atoms with Gasteiger partial charge in [-0.1, -0.05) is 0 Å². The Balaban J connectivity index is 1.61. The number of aliphatic carboxylic acids is 1. The first-order valence-electron chi connectivity index (χ1n) is 21.2. The van der Waals surface area contributed by atoms with E-state index in [1.165, 1.54) is 0 Å². The minimum absolute atomic E-state index is 0.856. The number of aliphatic hydroxyl groups is 16. The molecule has 0 radical (unpaired) electrons. The average Bonchev–Trinajstić information content (AvgIpc) is 3.29. The number of carbonyl (C=O) groups excluding carboxylic acids is 2. The molecule has 5 fully saturated rings. The van der Waals surface area contributed by atoms with Crippen LogP contribution in [0.1, 0.15) is 20.3 Å². The second kappa shape index (κ2) is 23.8. The van der Waals surface area contributed by atoms with E-state index in [4.69, 9.17) is 42.6 Å². The summed E-state index contributed by atoms with van der Waals surface area (Å²) >= 11 is 0. The maximum absolute atomic E-state index is 13.4. The van der Waals surface area contributed by atoms with E-state index in [9.17, 15) is 101 Å². The fraction of sp³-hybridized carbons (Fsp3) is 0.919. The molecule has 5 aliphatic heterocycles. The SMILES string of the molecule is CC(=O)N[C@H]1[C@H](O[C@@H]2[C@H](O[C@]3(C(=O)O)C[C@H](O)[C@@H](NC(C)=O)[C@H]([C@H](O)[C@H](O)CO)O3)[C@@H](O)[C@H](O[C@H]3[C@H](O)[C@@H](O)[C@H](O)O[C@@H]3CO)O[C@@H]2CO)O[C@H](CO)[C@@H](O)[C@@H]1O[C@@H]1O[C@H](CO)[C@H](O)[C@H](O)[C@H]1O. The number of nitrogens with one attached hydrogen (secondary N) is 2. The smallest absolute Gasteiger partial charge is 0.364 e. The van der Waals surface area contributed by atoms with E-state index in [0.717, 1.165) is 13.8 Å². The molecule has 0 spiro atoms. The number of carboxylic acids is 1. The van der Waals surface area contributed by atoms with Crippen LogP contribution in [-0.4, -0.2) is 297 Å². The predicted molar refractivity (Wildman–Crippen MR) is 207 cm³/mol. The molecule has 19 N–H and O–H groups in total. The summed E-state index contributed by atoms with van der Waals surface area (Å²) in [4.78, 5) is 38.3. The molecule has 26 atom stereocenters. The third-order valence-corrected chi connectivity index (χ3v) is 12.1. The minimum atomic E-state index is -3.32. The standard InChI is InChI=1S/C37H62N2O29/c1-9(45)38-17-11(47)3-37(36(58)59,67-30(17)19(49)12(48)4-40)68-31-26(56)35(64-27-15(7-43)60-32(57)24(54)23(27)53)63-16(8-44)28(31)65-33-18(39-10(2)46)29(21(51)14(6-42)61-33)66-34-25(55)22(52)20(50)13(5-41)62-34/h11-35,40-44,47-57H,3-8H2,1-2H3,(H,38,45)(H,39,46)(H,58,59)/t11-,12+,13+,14+,15+,16+,17+,18+,19+,20-,21+,22-,23+,24+,25+,26+,27+,28-,29+,30+,31+,32+,33-,34-,35-,37-/m0/s1. The van der Waals surface area contributed by atoms with Gasteiger partial charge in [-0.15, -0.1) is 0 Å². The van der Waals surface area contributed by atoms with Crippen LogP contribution in [0, 0.1) is 0 Å². The lowest BCUT2D eigenvalue weighted by molar-refractivity contribution is -0.402. The molecule has 5 rings (SSSR count). The van der Waals surface area contributed by atoms with Crippen LogP contribution in [0.4, 0.5) is 0 Å². The van der Waals surface area contributed by atoms with Crippen molar-refractivity contribution in [2.45, 2.75) is 179 Å². The van der Waals surface area contributed by atoms with Gasteiger partial charge in [0.05, 0.1) is 45.2 Å². The lowest BCUT2D eigenvalue weighted by Gasteiger charge is -2.52. The van der Waals surface area contributed by atoms with Crippen LogP contribution < -0.4 is 10.6 Å². The third kappa shape index (κ3) is 11.8. The van der Waals surface area contributed by atoms with Crippen LogP contribution in [0.3, 0.4) is 0 Å². The summed E-state index contributed by atoms with van der Waals surface area (Å²) in [7, 11) is 0. The van der Waals surface area contributed by atoms with Crippen LogP contribution >= 0.6 is 0 Å². The largest absolute Gasteiger partial charge is 0.477 e. The summed E-state index contributed by atoms with van der Waals surface area (Å²) in [6.45, 7) is -3.48. The summed E-state index contributed by atoms with van der Waals surface area (Å²) in [5.74, 6) is -7.24. The molecule has 0 bridgehead atoms. The van der Waals surface area contributed by atoms with Gasteiger partial charge in [0.2, 0.25) is 11.8 Å². The van der Waals surface area contributed by atoms with Crippen LogP contribution in [0.25, 0.3) is 0 Å². The van der Waals surface area contributed by atoms with Crippen molar-refractivity contribution < 1.29 is 144 Å². The van der Waals surface area contributed by atoms with Gasteiger partial charge in [-0.3, -0.25) is 9.59 Å². The first-order chi connectivity index (χ1) is 32.0. The molecule has 5 saturated heterocycles. The van der Waals surface area contributed by atoms with Crippen LogP contribution in [0.15, 0.2) is 0 Å². The molecule has 394 valence electrons. The zero-order valence-electron chi connectivity index (χ0n) is 36.2. The molecule has 31 heteroatoms. The van der Waals surface area contributed by atoms with E-state index in [-0.39, 0.29) is 0 Å². The van der Waals surface area contributed by atoms with Crippen molar-refractivity contribution in [3.05, 3.63) is 0 Å². The molecule has 0 unspecified atom stereocenters. The molecule has 0 aliphatic carbocycles. The van der Waals surface area contributed by atoms with Crippen LogP contribution in [0.2, 0.25) is 0 Å². The Morgan fingerprint density at radius 2 is 1.07 bits per heavy atom. The molecular formula is C37H62N2O29. The maximum atomic E-state index is 13.4. The number of carbonyl (C=O) groups is 3. The number of aliphatic hydroxyl groups excluding tert-OH is 16. The second-order valence-electron chi connectivity index (χ2n) is 16.8. The molecule has 0 aromatic carbocycles. The summed E-state index contributed by atoms with van der Waals surface area (Å²) in [5, 5.41) is 185. The van der Waals surface area contributed by atoms with E-state index < -0.39 is 216 Å². The van der Waals surface area contributed by atoms with Crippen molar-refractivity contribution in [1.82, 2.24) is 10.6 Å². The van der Waals surface area contributed by atoms with Crippen molar-refractivity contribution in [2.24, 2.45) is 0 Å². The number of hydrogen-bond acceptors (Lipinski definition) is 28. The zero-order chi connectivity index (χ0) is 50.7. The molecule has 0 saturated carbocycles. The normalized spacial score (nSPS) is 46.6. The third-order valence-electron chi connectivity index (χ3n) is 12.1. The van der Waals surface area contributed by atoms with Gasteiger partial charge < -0.3 is 140 Å². The molecule has 2 amide bonds. The Morgan fingerprint density at radius 3 is 1.63 bits per heavy atom. The Kier molecular flexibility index (Phi) is 19.7. The second-order valence-corrected chi connectivity index (χ2v) is 16.8. The highest BCUT2D eigenvalue weighted by atomic mass is 16.8. The first kappa shape index (κ1) is 56.3. The summed E-state index contributed by atoms with van der Waals surface area (Å²) < 4.78 is 51.6. The Morgan fingerprint density at radius 1 is 0.574 bits per heavy atom. The molecule has 31 nitrogen and oxygen atoms in total. The molecule has 5 aliphatic rings.